The predicted octanol–water partition coefficient (Wildman–Crippen LogP) is 4.18. The quantitative estimate of drug-likeness (QED) is 0.394. The monoisotopic (exact) mass is 399 g/mol. The second kappa shape index (κ2) is 9.36. The molecule has 0 saturated carbocycles. The number of nitrogens with zero attached hydrogens (tertiary/aromatic N) is 3. The van der Waals surface area contributed by atoms with E-state index < -0.39 is 4.92 Å². The molecule has 0 spiro atoms. The van der Waals surface area contributed by atoms with Gasteiger partial charge in [0.05, 0.1) is 23.8 Å². The average molecular weight is 399 g/mol. The van der Waals surface area contributed by atoms with E-state index in [2.05, 4.69) is 4.99 Å². The van der Waals surface area contributed by atoms with Gasteiger partial charge in [0.25, 0.3) is 5.69 Å². The lowest BCUT2D eigenvalue weighted by Gasteiger charge is -2.28. The third-order valence-electron chi connectivity index (χ3n) is 4.17. The minimum atomic E-state index is -0.480. The molecule has 28 heavy (non-hydrogen) atoms. The summed E-state index contributed by atoms with van der Waals surface area (Å²) >= 11 is 1.62. The number of amidine groups is 1. The zero-order valence-electron chi connectivity index (χ0n) is 15.5. The van der Waals surface area contributed by atoms with Crippen LogP contribution in [0.1, 0.15) is 23.7 Å². The van der Waals surface area contributed by atoms with E-state index >= 15 is 0 Å². The summed E-state index contributed by atoms with van der Waals surface area (Å²) in [5.41, 5.74) is 1.17. The number of anilines is 1. The topological polar surface area (TPSA) is 85.0 Å². The predicted molar refractivity (Wildman–Crippen MR) is 112 cm³/mol. The summed E-state index contributed by atoms with van der Waals surface area (Å²) in [7, 11) is 0. The fourth-order valence-corrected chi connectivity index (χ4v) is 3.79. The zero-order valence-corrected chi connectivity index (χ0v) is 16.4. The number of carbonyl (C=O) groups excluding carboxylic acids is 1. The molecule has 0 aromatic heterocycles. The van der Waals surface area contributed by atoms with Crippen molar-refractivity contribution >= 4 is 34.1 Å². The average Bonchev–Trinajstić information content (AvgIpc) is 2.73. The van der Waals surface area contributed by atoms with Crippen molar-refractivity contribution in [2.45, 2.75) is 13.3 Å². The van der Waals surface area contributed by atoms with Crippen LogP contribution in [0, 0.1) is 10.1 Å². The molecule has 3 rings (SSSR count). The van der Waals surface area contributed by atoms with E-state index in [-0.39, 0.29) is 18.0 Å². The van der Waals surface area contributed by atoms with Gasteiger partial charge in [-0.25, -0.2) is 0 Å². The standard InChI is InChI=1S/C20H21N3O4S/c1-2-27-19-7-4-3-6-17(19)22(20-21-12-5-13-28-20)14-18(24)15-8-10-16(11-9-15)23(25)26/h3-4,6-11H,2,5,12-14H2,1H3. The van der Waals surface area contributed by atoms with Crippen molar-refractivity contribution in [3.63, 3.8) is 0 Å². The van der Waals surface area contributed by atoms with Crippen molar-refractivity contribution in [1.82, 2.24) is 0 Å². The van der Waals surface area contributed by atoms with Crippen LogP contribution < -0.4 is 9.64 Å². The first-order valence-corrected chi connectivity index (χ1v) is 10.0. The smallest absolute Gasteiger partial charge is 0.269 e. The van der Waals surface area contributed by atoms with Gasteiger partial charge in [0, 0.05) is 30.0 Å². The number of hydrogen-bond donors (Lipinski definition) is 0. The van der Waals surface area contributed by atoms with E-state index in [0.717, 1.165) is 29.6 Å². The number of benzene rings is 2. The lowest BCUT2D eigenvalue weighted by molar-refractivity contribution is -0.384. The molecular weight excluding hydrogens is 378 g/mol. The Morgan fingerprint density at radius 2 is 2.00 bits per heavy atom. The number of hydrogen-bond acceptors (Lipinski definition) is 7. The number of thioether (sulfide) groups is 1. The Morgan fingerprint density at radius 3 is 2.64 bits per heavy atom. The summed E-state index contributed by atoms with van der Waals surface area (Å²) < 4.78 is 5.75. The molecular formula is C20H21N3O4S. The largest absolute Gasteiger partial charge is 0.492 e. The summed E-state index contributed by atoms with van der Waals surface area (Å²) in [6, 6.07) is 13.2. The molecule has 1 heterocycles. The number of Topliss-reactive ketones (excluding diaryl/α,β-unsaturated/α-hetero) is 1. The molecule has 0 fully saturated rings. The molecule has 8 heteroatoms. The minimum absolute atomic E-state index is 0.0395. The third-order valence-corrected chi connectivity index (χ3v) is 5.27. The minimum Gasteiger partial charge on any atom is -0.492 e. The van der Waals surface area contributed by atoms with Crippen LogP contribution >= 0.6 is 11.8 Å². The van der Waals surface area contributed by atoms with Gasteiger partial charge >= 0.3 is 0 Å². The summed E-state index contributed by atoms with van der Waals surface area (Å²) in [4.78, 5) is 29.7. The molecule has 2 aromatic carbocycles. The molecule has 0 radical (unpaired) electrons. The van der Waals surface area contributed by atoms with E-state index in [9.17, 15) is 14.9 Å². The highest BCUT2D eigenvalue weighted by molar-refractivity contribution is 8.14. The van der Waals surface area contributed by atoms with Crippen LogP contribution in [-0.4, -0.2) is 41.3 Å². The highest BCUT2D eigenvalue weighted by atomic mass is 32.2. The number of carbonyl (C=O) groups is 1. The first-order valence-electron chi connectivity index (χ1n) is 9.04. The number of para-hydroxylation sites is 2. The van der Waals surface area contributed by atoms with Gasteiger partial charge < -0.3 is 9.64 Å². The Bertz CT molecular complexity index is 883. The maximum Gasteiger partial charge on any atom is 0.269 e. The lowest BCUT2D eigenvalue weighted by Crippen LogP contribution is -2.36. The van der Waals surface area contributed by atoms with E-state index in [1.165, 1.54) is 24.3 Å². The zero-order chi connectivity index (χ0) is 19.9. The number of non-ortho nitro benzene ring substituents is 1. The molecule has 146 valence electrons. The second-order valence-electron chi connectivity index (χ2n) is 6.08. The Labute approximate surface area is 167 Å². The Morgan fingerprint density at radius 1 is 1.25 bits per heavy atom. The molecule has 1 aliphatic heterocycles. The number of ether oxygens (including phenoxy) is 1. The van der Waals surface area contributed by atoms with E-state index in [1.807, 2.05) is 36.1 Å². The van der Waals surface area contributed by atoms with Gasteiger partial charge in [-0.1, -0.05) is 23.9 Å². The maximum absolute atomic E-state index is 12.9. The Balaban J connectivity index is 1.90. The molecule has 7 nitrogen and oxygen atoms in total. The van der Waals surface area contributed by atoms with Gasteiger partial charge in [0.1, 0.15) is 5.75 Å². The number of rotatable bonds is 7. The lowest BCUT2D eigenvalue weighted by atomic mass is 10.1. The Kier molecular flexibility index (Phi) is 6.65. The molecule has 0 N–H and O–H groups in total. The van der Waals surface area contributed by atoms with Crippen LogP contribution in [0.2, 0.25) is 0 Å². The number of nitro groups is 1. The first kappa shape index (κ1) is 19.9. The van der Waals surface area contributed by atoms with Crippen molar-refractivity contribution in [2.24, 2.45) is 4.99 Å². The maximum atomic E-state index is 12.9. The van der Waals surface area contributed by atoms with Gasteiger partial charge in [-0.15, -0.1) is 0 Å². The van der Waals surface area contributed by atoms with Crippen LogP contribution in [0.25, 0.3) is 0 Å². The fraction of sp³-hybridized carbons (Fsp3) is 0.300. The van der Waals surface area contributed by atoms with Crippen LogP contribution in [0.15, 0.2) is 53.5 Å². The number of nitro benzene ring substituents is 1. The third kappa shape index (κ3) is 4.69. The van der Waals surface area contributed by atoms with E-state index in [1.54, 1.807) is 11.8 Å². The summed E-state index contributed by atoms with van der Waals surface area (Å²) in [5, 5.41) is 11.6. The van der Waals surface area contributed by atoms with Crippen LogP contribution in [0.5, 0.6) is 5.75 Å². The molecule has 0 aliphatic carbocycles. The highest BCUT2D eigenvalue weighted by Gasteiger charge is 2.23. The molecule has 0 saturated heterocycles. The van der Waals surface area contributed by atoms with E-state index in [4.69, 9.17) is 4.74 Å². The van der Waals surface area contributed by atoms with Crippen LogP contribution in [0.3, 0.4) is 0 Å². The van der Waals surface area contributed by atoms with E-state index in [0.29, 0.717) is 17.9 Å². The Hall–Kier alpha value is -2.87. The van der Waals surface area contributed by atoms with Crippen molar-refractivity contribution in [1.29, 1.82) is 0 Å². The van der Waals surface area contributed by atoms with Gasteiger partial charge in [-0.05, 0) is 37.6 Å². The summed E-state index contributed by atoms with van der Waals surface area (Å²) in [6.45, 7) is 3.23. The fourth-order valence-electron chi connectivity index (χ4n) is 2.83. The highest BCUT2D eigenvalue weighted by Crippen LogP contribution is 2.31. The van der Waals surface area contributed by atoms with Gasteiger partial charge in [0.15, 0.2) is 11.0 Å². The van der Waals surface area contributed by atoms with Crippen LogP contribution in [-0.2, 0) is 0 Å². The summed E-state index contributed by atoms with van der Waals surface area (Å²) in [5.74, 6) is 1.49. The van der Waals surface area contributed by atoms with Gasteiger partial charge in [-0.2, -0.15) is 0 Å². The first-order chi connectivity index (χ1) is 13.6. The van der Waals surface area contributed by atoms with Crippen molar-refractivity contribution < 1.29 is 14.5 Å². The van der Waals surface area contributed by atoms with Crippen LogP contribution in [0.4, 0.5) is 11.4 Å². The molecule has 0 unspecified atom stereocenters. The summed E-state index contributed by atoms with van der Waals surface area (Å²) in [6.07, 6.45) is 1.01. The molecule has 0 atom stereocenters. The van der Waals surface area contributed by atoms with Gasteiger partial charge in [0.2, 0.25) is 0 Å². The van der Waals surface area contributed by atoms with Gasteiger partial charge in [-0.3, -0.25) is 19.9 Å². The molecule has 0 bridgehead atoms. The van der Waals surface area contributed by atoms with Crippen molar-refractivity contribution in [3.05, 3.63) is 64.2 Å². The second-order valence-corrected chi connectivity index (χ2v) is 7.14. The normalized spacial score (nSPS) is 13.5. The van der Waals surface area contributed by atoms with Crippen molar-refractivity contribution in [3.8, 4) is 5.75 Å². The molecule has 0 amide bonds. The number of ketones is 1. The van der Waals surface area contributed by atoms with Crippen molar-refractivity contribution in [2.75, 3.05) is 30.3 Å². The molecule has 2 aromatic rings. The molecule has 1 aliphatic rings. The number of aliphatic imine (C=N–C) groups is 1. The SMILES string of the molecule is CCOc1ccccc1N(CC(=O)c1ccc([N+](=O)[O-])cc1)C1=NCCCS1.